The molecule has 2 aromatic carbocycles. The summed E-state index contributed by atoms with van der Waals surface area (Å²) in [5.74, 6) is 0.882. The number of rotatable bonds is 2. The van der Waals surface area contributed by atoms with E-state index in [1.54, 1.807) is 0 Å². The second-order valence-corrected chi connectivity index (χ2v) is 4.81. The molecule has 0 saturated heterocycles. The molecular formula is C16H17N3. The molecular weight excluding hydrogens is 234 g/mol. The van der Waals surface area contributed by atoms with Crippen LogP contribution in [0.1, 0.15) is 18.1 Å². The van der Waals surface area contributed by atoms with Crippen LogP contribution in [0.2, 0.25) is 0 Å². The highest BCUT2D eigenvalue weighted by atomic mass is 14.9. The number of nitrogen functional groups attached to an aromatic ring is 1. The number of nitrogens with zero attached hydrogens (tertiary/aromatic N) is 1. The minimum atomic E-state index is 0.798. The number of aromatic nitrogens is 2. The third-order valence-electron chi connectivity index (χ3n) is 3.59. The van der Waals surface area contributed by atoms with Crippen molar-refractivity contribution in [1.29, 1.82) is 0 Å². The predicted molar refractivity (Wildman–Crippen MR) is 80.1 cm³/mol. The first-order chi connectivity index (χ1) is 9.19. The number of nitrogens with two attached hydrogens (primary N) is 1. The van der Waals surface area contributed by atoms with E-state index in [2.05, 4.69) is 35.1 Å². The molecule has 0 fully saturated rings. The Bertz CT molecular complexity index is 741. The molecule has 96 valence electrons. The Morgan fingerprint density at radius 2 is 2.05 bits per heavy atom. The lowest BCUT2D eigenvalue weighted by Crippen LogP contribution is -1.92. The fourth-order valence-electron chi connectivity index (χ4n) is 2.31. The third-order valence-corrected chi connectivity index (χ3v) is 3.59. The van der Waals surface area contributed by atoms with Gasteiger partial charge in [-0.2, -0.15) is 0 Å². The van der Waals surface area contributed by atoms with Crippen LogP contribution in [0, 0.1) is 6.92 Å². The van der Waals surface area contributed by atoms with E-state index in [0.29, 0.717) is 0 Å². The molecule has 0 radical (unpaired) electrons. The molecule has 3 aromatic rings. The highest BCUT2D eigenvalue weighted by Crippen LogP contribution is 2.27. The summed E-state index contributed by atoms with van der Waals surface area (Å²) < 4.78 is 0. The Morgan fingerprint density at radius 3 is 2.84 bits per heavy atom. The van der Waals surface area contributed by atoms with Gasteiger partial charge in [-0.05, 0) is 42.7 Å². The Labute approximate surface area is 112 Å². The Balaban J connectivity index is 2.18. The van der Waals surface area contributed by atoms with Gasteiger partial charge in [0.15, 0.2) is 0 Å². The molecule has 0 aliphatic rings. The Hall–Kier alpha value is -2.29. The molecule has 0 amide bonds. The molecule has 3 nitrogen and oxygen atoms in total. The van der Waals surface area contributed by atoms with Gasteiger partial charge in [0.05, 0.1) is 11.0 Å². The highest BCUT2D eigenvalue weighted by Gasteiger charge is 2.09. The Kier molecular flexibility index (Phi) is 2.75. The SMILES string of the molecule is CCc1ccc2nc(-c3cccc(N)c3C)[nH]c2c1. The molecule has 3 rings (SSSR count). The topological polar surface area (TPSA) is 54.7 Å². The van der Waals surface area contributed by atoms with Gasteiger partial charge >= 0.3 is 0 Å². The van der Waals surface area contributed by atoms with Crippen LogP contribution in [0.25, 0.3) is 22.4 Å². The van der Waals surface area contributed by atoms with Crippen LogP contribution in [0.4, 0.5) is 5.69 Å². The molecule has 1 aromatic heterocycles. The second-order valence-electron chi connectivity index (χ2n) is 4.81. The number of fused-ring (bicyclic) bond motifs is 1. The number of nitrogens with one attached hydrogen (secondary N) is 1. The van der Waals surface area contributed by atoms with Crippen molar-refractivity contribution >= 4 is 16.7 Å². The zero-order chi connectivity index (χ0) is 13.4. The van der Waals surface area contributed by atoms with Gasteiger partial charge in [0.2, 0.25) is 0 Å². The molecule has 3 N–H and O–H groups in total. The summed E-state index contributed by atoms with van der Waals surface area (Å²) in [4.78, 5) is 8.04. The van der Waals surface area contributed by atoms with Gasteiger partial charge in [0.25, 0.3) is 0 Å². The molecule has 0 aliphatic carbocycles. The molecule has 19 heavy (non-hydrogen) atoms. The van der Waals surface area contributed by atoms with Crippen molar-refractivity contribution in [3.05, 3.63) is 47.5 Å². The average Bonchev–Trinajstić information content (AvgIpc) is 2.84. The minimum absolute atomic E-state index is 0.798. The zero-order valence-electron chi connectivity index (χ0n) is 11.2. The normalized spacial score (nSPS) is 11.1. The van der Waals surface area contributed by atoms with Crippen LogP contribution in [0.3, 0.4) is 0 Å². The summed E-state index contributed by atoms with van der Waals surface area (Å²) in [6.07, 6.45) is 1.03. The molecule has 0 bridgehead atoms. The zero-order valence-corrected chi connectivity index (χ0v) is 11.2. The van der Waals surface area contributed by atoms with Crippen LogP contribution < -0.4 is 5.73 Å². The number of H-pyrrole nitrogens is 1. The first kappa shape index (κ1) is 11.8. The van der Waals surface area contributed by atoms with Gasteiger partial charge in [0, 0.05) is 11.3 Å². The van der Waals surface area contributed by atoms with Gasteiger partial charge in [-0.3, -0.25) is 0 Å². The van der Waals surface area contributed by atoms with Crippen molar-refractivity contribution in [3.8, 4) is 11.4 Å². The maximum atomic E-state index is 5.96. The summed E-state index contributed by atoms with van der Waals surface area (Å²) >= 11 is 0. The monoisotopic (exact) mass is 251 g/mol. The lowest BCUT2D eigenvalue weighted by Gasteiger charge is -2.04. The quantitative estimate of drug-likeness (QED) is 0.682. The van der Waals surface area contributed by atoms with Gasteiger partial charge in [-0.1, -0.05) is 25.1 Å². The van der Waals surface area contributed by atoms with Crippen LogP contribution in [0.15, 0.2) is 36.4 Å². The lowest BCUT2D eigenvalue weighted by atomic mass is 10.1. The van der Waals surface area contributed by atoms with E-state index in [4.69, 9.17) is 5.73 Å². The molecule has 1 heterocycles. The van der Waals surface area contributed by atoms with E-state index < -0.39 is 0 Å². The first-order valence-electron chi connectivity index (χ1n) is 6.53. The van der Waals surface area contributed by atoms with Crippen LogP contribution >= 0.6 is 0 Å². The highest BCUT2D eigenvalue weighted by molar-refractivity contribution is 5.81. The summed E-state index contributed by atoms with van der Waals surface area (Å²) in [6, 6.07) is 12.3. The lowest BCUT2D eigenvalue weighted by molar-refractivity contribution is 1.14. The average molecular weight is 251 g/mol. The molecule has 0 spiro atoms. The summed E-state index contributed by atoms with van der Waals surface area (Å²) in [6.45, 7) is 4.18. The first-order valence-corrected chi connectivity index (χ1v) is 6.53. The number of aromatic amines is 1. The molecule has 0 unspecified atom stereocenters. The molecule has 0 saturated carbocycles. The standard InChI is InChI=1S/C16H17N3/c1-3-11-7-8-14-15(9-11)19-16(18-14)12-5-4-6-13(17)10(12)2/h4-9H,3,17H2,1-2H3,(H,18,19). The van der Waals surface area contributed by atoms with E-state index in [0.717, 1.165) is 40.1 Å². The van der Waals surface area contributed by atoms with Crippen molar-refractivity contribution in [2.45, 2.75) is 20.3 Å². The second kappa shape index (κ2) is 4.43. The fourth-order valence-corrected chi connectivity index (χ4v) is 2.31. The molecule has 0 atom stereocenters. The maximum Gasteiger partial charge on any atom is 0.138 e. The minimum Gasteiger partial charge on any atom is -0.398 e. The number of benzene rings is 2. The van der Waals surface area contributed by atoms with Crippen molar-refractivity contribution in [2.24, 2.45) is 0 Å². The van der Waals surface area contributed by atoms with Crippen molar-refractivity contribution in [3.63, 3.8) is 0 Å². The van der Waals surface area contributed by atoms with E-state index in [1.807, 2.05) is 25.1 Å². The number of hydrogen-bond donors (Lipinski definition) is 2. The summed E-state index contributed by atoms with van der Waals surface area (Å²) in [7, 11) is 0. The number of aryl methyl sites for hydroxylation is 1. The van der Waals surface area contributed by atoms with Crippen molar-refractivity contribution < 1.29 is 0 Å². The third kappa shape index (κ3) is 1.97. The van der Waals surface area contributed by atoms with Gasteiger partial charge in [-0.15, -0.1) is 0 Å². The largest absolute Gasteiger partial charge is 0.398 e. The smallest absolute Gasteiger partial charge is 0.138 e. The number of imidazole rings is 1. The van der Waals surface area contributed by atoms with Gasteiger partial charge in [-0.25, -0.2) is 4.98 Å². The summed E-state index contributed by atoms with van der Waals surface area (Å²) in [5.41, 5.74) is 12.3. The van der Waals surface area contributed by atoms with Crippen LogP contribution in [0.5, 0.6) is 0 Å². The van der Waals surface area contributed by atoms with Crippen LogP contribution in [-0.4, -0.2) is 9.97 Å². The Morgan fingerprint density at radius 1 is 1.21 bits per heavy atom. The van der Waals surface area contributed by atoms with Gasteiger partial charge in [0.1, 0.15) is 5.82 Å². The van der Waals surface area contributed by atoms with Crippen LogP contribution in [-0.2, 0) is 6.42 Å². The summed E-state index contributed by atoms with van der Waals surface area (Å²) in [5, 5.41) is 0. The van der Waals surface area contributed by atoms with E-state index in [1.165, 1.54) is 5.56 Å². The van der Waals surface area contributed by atoms with Crippen molar-refractivity contribution in [1.82, 2.24) is 9.97 Å². The van der Waals surface area contributed by atoms with E-state index in [-0.39, 0.29) is 0 Å². The molecule has 3 heteroatoms. The van der Waals surface area contributed by atoms with E-state index >= 15 is 0 Å². The number of anilines is 1. The maximum absolute atomic E-state index is 5.96. The van der Waals surface area contributed by atoms with Crippen molar-refractivity contribution in [2.75, 3.05) is 5.73 Å². The molecule has 0 aliphatic heterocycles. The van der Waals surface area contributed by atoms with E-state index in [9.17, 15) is 0 Å². The fraction of sp³-hybridized carbons (Fsp3) is 0.188. The predicted octanol–water partition coefficient (Wildman–Crippen LogP) is 3.68. The number of hydrogen-bond acceptors (Lipinski definition) is 2. The van der Waals surface area contributed by atoms with Gasteiger partial charge < -0.3 is 10.7 Å².